The van der Waals surface area contributed by atoms with Gasteiger partial charge in [-0.1, -0.05) is 45.8 Å². The van der Waals surface area contributed by atoms with Gasteiger partial charge in [0.1, 0.15) is 5.78 Å². The van der Waals surface area contributed by atoms with Crippen molar-refractivity contribution in [3.8, 4) is 0 Å². The molecule has 1 aromatic heterocycles. The van der Waals surface area contributed by atoms with Gasteiger partial charge >= 0.3 is 0 Å². The van der Waals surface area contributed by atoms with Crippen LogP contribution in [0.2, 0.25) is 0 Å². The molecule has 2 atom stereocenters. The summed E-state index contributed by atoms with van der Waals surface area (Å²) in [5.74, 6) is 0.0484. The van der Waals surface area contributed by atoms with Gasteiger partial charge in [-0.2, -0.15) is 0 Å². The van der Waals surface area contributed by atoms with Gasteiger partial charge < -0.3 is 5.32 Å². The molecule has 1 aliphatic carbocycles. The molecule has 0 radical (unpaired) electrons. The number of amides is 1. The Kier molecular flexibility index (Phi) is 11.5. The zero-order chi connectivity index (χ0) is 28.5. The number of fused-ring (bicyclic) bond motifs is 1. The van der Waals surface area contributed by atoms with Gasteiger partial charge in [0.2, 0.25) is 5.91 Å². The Labute approximate surface area is 244 Å². The number of nitrogens with zero attached hydrogens (tertiary/aromatic N) is 2. The van der Waals surface area contributed by atoms with Gasteiger partial charge in [0.15, 0.2) is 5.78 Å². The van der Waals surface area contributed by atoms with Crippen LogP contribution in [-0.4, -0.2) is 53.0 Å². The Bertz CT molecular complexity index is 1180. The number of likely N-dealkylation sites (tertiary alicyclic amines) is 1. The van der Waals surface area contributed by atoms with Crippen molar-refractivity contribution < 1.29 is 14.4 Å². The monoisotopic (exact) mass is 565 g/mol. The van der Waals surface area contributed by atoms with Crippen molar-refractivity contribution in [1.29, 1.82) is 0 Å². The minimum atomic E-state index is -0.453. The van der Waals surface area contributed by atoms with E-state index >= 15 is 0 Å². The number of aryl methyl sites for hydroxylation is 1. The van der Waals surface area contributed by atoms with Gasteiger partial charge in [0.25, 0.3) is 0 Å². The van der Waals surface area contributed by atoms with E-state index in [2.05, 4.69) is 35.9 Å². The van der Waals surface area contributed by atoms with Gasteiger partial charge in [0.05, 0.1) is 21.1 Å². The summed E-state index contributed by atoms with van der Waals surface area (Å²) in [5, 5.41) is 4.25. The van der Waals surface area contributed by atoms with Crippen LogP contribution in [-0.2, 0) is 27.2 Å². The van der Waals surface area contributed by atoms with Crippen LogP contribution in [0.25, 0.3) is 10.2 Å². The van der Waals surface area contributed by atoms with E-state index in [1.165, 1.54) is 24.8 Å². The number of ketones is 2. The maximum atomic E-state index is 13.8. The molecule has 1 saturated carbocycles. The average Bonchev–Trinajstić information content (AvgIpc) is 3.63. The molecule has 6 nitrogen and oxygen atoms in total. The molecule has 7 heteroatoms. The van der Waals surface area contributed by atoms with Crippen molar-refractivity contribution in [3.63, 3.8) is 0 Å². The number of nitrogens with one attached hydrogen (secondary N) is 1. The van der Waals surface area contributed by atoms with E-state index in [1.807, 2.05) is 13.0 Å². The topological polar surface area (TPSA) is 79.4 Å². The average molecular weight is 566 g/mol. The third kappa shape index (κ3) is 8.56. The summed E-state index contributed by atoms with van der Waals surface area (Å²) < 4.78 is 1.13. The van der Waals surface area contributed by atoms with Crippen molar-refractivity contribution in [3.05, 3.63) is 40.9 Å². The van der Waals surface area contributed by atoms with E-state index in [4.69, 9.17) is 4.98 Å². The van der Waals surface area contributed by atoms with Crippen LogP contribution < -0.4 is 5.32 Å². The SMILES string of the molecule is C=C(CN1CCCC1)C(=O)CC[C@@H](NC(=O)[C@@H](CC(=O)CC)Cc1nc2ccc(CC)cc2s1)C1CCCCC1. The van der Waals surface area contributed by atoms with Crippen LogP contribution in [0, 0.1) is 11.8 Å². The molecule has 0 bridgehead atoms. The molecule has 1 N–H and O–H groups in total. The van der Waals surface area contributed by atoms with E-state index < -0.39 is 5.92 Å². The largest absolute Gasteiger partial charge is 0.353 e. The van der Waals surface area contributed by atoms with Crippen LogP contribution in [0.3, 0.4) is 0 Å². The number of carbonyl (C=O) groups excluding carboxylic acids is 3. The molecule has 218 valence electrons. The molecule has 2 aliphatic rings. The predicted molar refractivity (Wildman–Crippen MR) is 164 cm³/mol. The normalized spacial score (nSPS) is 18.1. The molecule has 2 fully saturated rings. The summed E-state index contributed by atoms with van der Waals surface area (Å²) in [4.78, 5) is 46.4. The number of aromatic nitrogens is 1. The summed E-state index contributed by atoms with van der Waals surface area (Å²) in [6, 6.07) is 6.27. The van der Waals surface area contributed by atoms with Crippen molar-refractivity contribution in [1.82, 2.24) is 15.2 Å². The Morgan fingerprint density at radius 1 is 1.10 bits per heavy atom. The number of rotatable bonds is 15. The fourth-order valence-electron chi connectivity index (χ4n) is 6.24. The Hall–Kier alpha value is -2.38. The molecule has 2 aromatic rings. The first-order valence-corrected chi connectivity index (χ1v) is 16.3. The van der Waals surface area contributed by atoms with Crippen molar-refractivity contribution in [2.75, 3.05) is 19.6 Å². The Balaban J connectivity index is 1.44. The van der Waals surface area contributed by atoms with Crippen LogP contribution in [0.5, 0.6) is 0 Å². The maximum absolute atomic E-state index is 13.8. The first kappa shape index (κ1) is 30.6. The van der Waals surface area contributed by atoms with E-state index in [0.29, 0.717) is 43.7 Å². The van der Waals surface area contributed by atoms with Crippen LogP contribution in [0.1, 0.15) is 95.0 Å². The molecule has 2 heterocycles. The molecule has 1 saturated heterocycles. The van der Waals surface area contributed by atoms with E-state index in [9.17, 15) is 14.4 Å². The fraction of sp³-hybridized carbons (Fsp3) is 0.636. The molecular weight excluding hydrogens is 518 g/mol. The molecule has 0 spiro atoms. The third-order valence-corrected chi connectivity index (χ3v) is 9.84. The van der Waals surface area contributed by atoms with Gasteiger partial charge in [-0.05, 0) is 75.2 Å². The summed E-state index contributed by atoms with van der Waals surface area (Å²) in [5.41, 5.74) is 2.90. The molecule has 1 aliphatic heterocycles. The minimum absolute atomic E-state index is 0.0574. The number of carbonyl (C=O) groups is 3. The number of hydrogen-bond donors (Lipinski definition) is 1. The zero-order valence-corrected chi connectivity index (χ0v) is 25.3. The van der Waals surface area contributed by atoms with Crippen molar-refractivity contribution in [2.24, 2.45) is 11.8 Å². The lowest BCUT2D eigenvalue weighted by Crippen LogP contribution is -2.45. The lowest BCUT2D eigenvalue weighted by molar-refractivity contribution is -0.130. The quantitative estimate of drug-likeness (QED) is 0.251. The second-order valence-corrected chi connectivity index (χ2v) is 12.9. The van der Waals surface area contributed by atoms with E-state index in [-0.39, 0.29) is 29.9 Å². The molecular formula is C33H47N3O3S. The third-order valence-electron chi connectivity index (χ3n) is 8.80. The van der Waals surface area contributed by atoms with E-state index in [0.717, 1.165) is 60.4 Å². The Morgan fingerprint density at radius 3 is 2.55 bits per heavy atom. The number of hydrogen-bond acceptors (Lipinski definition) is 6. The fourth-order valence-corrected chi connectivity index (χ4v) is 7.35. The predicted octanol–water partition coefficient (Wildman–Crippen LogP) is 6.45. The van der Waals surface area contributed by atoms with Crippen molar-refractivity contribution in [2.45, 2.75) is 103 Å². The summed E-state index contributed by atoms with van der Waals surface area (Å²) >= 11 is 1.62. The maximum Gasteiger partial charge on any atom is 0.224 e. The highest BCUT2D eigenvalue weighted by atomic mass is 32.1. The second-order valence-electron chi connectivity index (χ2n) is 11.8. The number of benzene rings is 1. The summed E-state index contributed by atoms with van der Waals surface area (Å²) in [6.07, 6.45) is 11.2. The summed E-state index contributed by atoms with van der Waals surface area (Å²) in [7, 11) is 0. The smallest absolute Gasteiger partial charge is 0.224 e. The van der Waals surface area contributed by atoms with Gasteiger partial charge in [-0.3, -0.25) is 19.3 Å². The highest BCUT2D eigenvalue weighted by molar-refractivity contribution is 7.18. The van der Waals surface area contributed by atoms with Gasteiger partial charge in [-0.15, -0.1) is 11.3 Å². The lowest BCUT2D eigenvalue weighted by Gasteiger charge is -2.32. The van der Waals surface area contributed by atoms with Crippen LogP contribution in [0.15, 0.2) is 30.4 Å². The highest BCUT2D eigenvalue weighted by Crippen LogP contribution is 2.30. The van der Waals surface area contributed by atoms with E-state index in [1.54, 1.807) is 11.3 Å². The molecule has 1 amide bonds. The summed E-state index contributed by atoms with van der Waals surface area (Å²) in [6.45, 7) is 10.8. The van der Waals surface area contributed by atoms with Crippen LogP contribution >= 0.6 is 11.3 Å². The van der Waals surface area contributed by atoms with Crippen LogP contribution in [0.4, 0.5) is 0 Å². The molecule has 0 unspecified atom stereocenters. The Morgan fingerprint density at radius 2 is 1.85 bits per heavy atom. The molecule has 4 rings (SSSR count). The number of thiazole rings is 1. The molecule has 40 heavy (non-hydrogen) atoms. The zero-order valence-electron chi connectivity index (χ0n) is 24.5. The lowest BCUT2D eigenvalue weighted by atomic mass is 9.81. The standard InChI is InChI=1S/C33H47N3O3S/c1-4-24-13-14-29-31(19-24)40-32(34-29)21-26(20-27(37)5-2)33(39)35-28(25-11-7-6-8-12-25)15-16-30(38)23(3)22-36-17-9-10-18-36/h13-14,19,25-26,28H,3-12,15-18,20-22H2,1-2H3,(H,35,39)/t26-,28+/m0/s1. The number of Topliss-reactive ketones (excluding diaryl/α,β-unsaturated/α-hetero) is 2. The minimum Gasteiger partial charge on any atom is -0.353 e. The highest BCUT2D eigenvalue weighted by Gasteiger charge is 2.30. The van der Waals surface area contributed by atoms with Gasteiger partial charge in [-0.25, -0.2) is 4.98 Å². The first-order chi connectivity index (χ1) is 19.4. The molecule has 1 aromatic carbocycles. The first-order valence-electron chi connectivity index (χ1n) is 15.5. The van der Waals surface area contributed by atoms with Gasteiger partial charge in [0, 0.05) is 43.8 Å². The van der Waals surface area contributed by atoms with Crippen molar-refractivity contribution >= 4 is 39.0 Å². The second kappa shape index (κ2) is 15.0.